The zero-order valence-electron chi connectivity index (χ0n) is 32.1. The second-order valence-electron chi connectivity index (χ2n) is 15.0. The van der Waals surface area contributed by atoms with Crippen LogP contribution in [0.3, 0.4) is 0 Å². The second-order valence-corrected chi connectivity index (χ2v) is 15.0. The minimum atomic E-state index is -1.60. The van der Waals surface area contributed by atoms with Crippen LogP contribution in [0.25, 0.3) is 0 Å². The lowest BCUT2D eigenvalue weighted by Crippen LogP contribution is -2.47. The molecule has 0 rings (SSSR count). The molecule has 0 aliphatic heterocycles. The van der Waals surface area contributed by atoms with Crippen LogP contribution in [0.5, 0.6) is 0 Å². The van der Waals surface area contributed by atoms with Gasteiger partial charge in [-0.3, -0.25) is 9.59 Å². The standard InChI is InChI=1S/C43H80O4/c1-6-8-10-12-14-16-18-20-22-24-26-28-30-32-34-36-40(44)43(38(3)4,39(5)42(46)47)41(45)37-35-33-31-29-27-25-23-21-19-17-15-13-11-9-7-2/h38H,5-37H2,1-4H3,(H,46,47). The largest absolute Gasteiger partial charge is 0.478 e. The van der Waals surface area contributed by atoms with Crippen LogP contribution in [0.4, 0.5) is 0 Å². The van der Waals surface area contributed by atoms with Gasteiger partial charge in [-0.25, -0.2) is 4.79 Å². The summed E-state index contributed by atoms with van der Waals surface area (Å²) in [6.45, 7) is 11.9. The van der Waals surface area contributed by atoms with Gasteiger partial charge in [0.2, 0.25) is 0 Å². The summed E-state index contributed by atoms with van der Waals surface area (Å²) >= 11 is 0. The first-order valence-electron chi connectivity index (χ1n) is 20.8. The highest BCUT2D eigenvalue weighted by molar-refractivity contribution is 6.15. The van der Waals surface area contributed by atoms with Crippen LogP contribution < -0.4 is 0 Å². The van der Waals surface area contributed by atoms with Crippen LogP contribution in [0.15, 0.2) is 12.2 Å². The number of hydrogen-bond donors (Lipinski definition) is 1. The van der Waals surface area contributed by atoms with Crippen molar-refractivity contribution < 1.29 is 19.5 Å². The lowest BCUT2D eigenvalue weighted by molar-refractivity contribution is -0.147. The Hall–Kier alpha value is -1.45. The van der Waals surface area contributed by atoms with E-state index in [-0.39, 0.29) is 30.0 Å². The van der Waals surface area contributed by atoms with E-state index in [0.29, 0.717) is 12.8 Å². The molecule has 0 radical (unpaired) electrons. The fraction of sp³-hybridized carbons (Fsp3) is 0.884. The van der Waals surface area contributed by atoms with Gasteiger partial charge in [-0.1, -0.05) is 214 Å². The Morgan fingerprint density at radius 2 is 0.660 bits per heavy atom. The summed E-state index contributed by atoms with van der Waals surface area (Å²) in [5.41, 5.74) is -1.83. The van der Waals surface area contributed by atoms with E-state index in [4.69, 9.17) is 0 Å². The average Bonchev–Trinajstić information content (AvgIpc) is 3.04. The van der Waals surface area contributed by atoms with Gasteiger partial charge in [-0.05, 0) is 18.8 Å². The molecule has 0 fully saturated rings. The molecular formula is C43H80O4. The van der Waals surface area contributed by atoms with Gasteiger partial charge in [0, 0.05) is 12.8 Å². The summed E-state index contributed by atoms with van der Waals surface area (Å²) in [6.07, 6.45) is 38.0. The fourth-order valence-corrected chi connectivity index (χ4v) is 7.36. The first-order valence-corrected chi connectivity index (χ1v) is 20.8. The molecule has 0 amide bonds. The van der Waals surface area contributed by atoms with Gasteiger partial charge in [0.1, 0.15) is 5.41 Å². The molecule has 0 aliphatic rings. The number of carbonyl (C=O) groups is 3. The summed E-state index contributed by atoms with van der Waals surface area (Å²) in [4.78, 5) is 39.4. The molecule has 0 aromatic carbocycles. The van der Waals surface area contributed by atoms with Gasteiger partial charge >= 0.3 is 5.97 Å². The van der Waals surface area contributed by atoms with Gasteiger partial charge in [0.05, 0.1) is 5.57 Å². The molecule has 0 aromatic heterocycles. The molecule has 47 heavy (non-hydrogen) atoms. The topological polar surface area (TPSA) is 71.4 Å². The van der Waals surface area contributed by atoms with Crippen LogP contribution in [0, 0.1) is 11.3 Å². The molecule has 1 N–H and O–H groups in total. The highest BCUT2D eigenvalue weighted by Crippen LogP contribution is 2.40. The molecule has 0 unspecified atom stereocenters. The van der Waals surface area contributed by atoms with E-state index < -0.39 is 17.3 Å². The Morgan fingerprint density at radius 3 is 0.851 bits per heavy atom. The Morgan fingerprint density at radius 1 is 0.447 bits per heavy atom. The zero-order valence-corrected chi connectivity index (χ0v) is 32.1. The van der Waals surface area contributed by atoms with Gasteiger partial charge in [-0.2, -0.15) is 0 Å². The minimum absolute atomic E-state index is 0.232. The van der Waals surface area contributed by atoms with E-state index >= 15 is 0 Å². The maximum absolute atomic E-state index is 13.6. The smallest absolute Gasteiger partial charge is 0.332 e. The summed E-state index contributed by atoms with van der Waals surface area (Å²) in [6, 6.07) is 0. The number of carboxylic acid groups (broad SMARTS) is 1. The lowest BCUT2D eigenvalue weighted by Gasteiger charge is -2.35. The highest BCUT2D eigenvalue weighted by Gasteiger charge is 2.51. The van der Waals surface area contributed by atoms with Crippen LogP contribution in [0.2, 0.25) is 0 Å². The number of ketones is 2. The maximum Gasteiger partial charge on any atom is 0.332 e. The molecule has 0 atom stereocenters. The van der Waals surface area contributed by atoms with Crippen molar-refractivity contribution in [1.82, 2.24) is 0 Å². The lowest BCUT2D eigenvalue weighted by atomic mass is 9.63. The van der Waals surface area contributed by atoms with Crippen molar-refractivity contribution in [2.24, 2.45) is 11.3 Å². The van der Waals surface area contributed by atoms with Crippen molar-refractivity contribution in [3.8, 4) is 0 Å². The van der Waals surface area contributed by atoms with Gasteiger partial charge in [0.15, 0.2) is 11.6 Å². The number of rotatable bonds is 37. The first kappa shape index (κ1) is 45.6. The molecule has 0 saturated heterocycles. The molecule has 0 bridgehead atoms. The van der Waals surface area contributed by atoms with Crippen LogP contribution in [-0.4, -0.2) is 22.6 Å². The molecule has 0 heterocycles. The predicted octanol–water partition coefficient (Wildman–Crippen LogP) is 13.9. The van der Waals surface area contributed by atoms with E-state index in [0.717, 1.165) is 25.7 Å². The summed E-state index contributed by atoms with van der Waals surface area (Å²) in [5, 5.41) is 9.87. The Bertz CT molecular complexity index is 737. The molecule has 0 spiro atoms. The normalized spacial score (nSPS) is 11.8. The van der Waals surface area contributed by atoms with Crippen molar-refractivity contribution in [2.45, 2.75) is 233 Å². The first-order chi connectivity index (χ1) is 22.8. The summed E-state index contributed by atoms with van der Waals surface area (Å²) < 4.78 is 0. The number of Topliss-reactive ketones (excluding diaryl/α,β-unsaturated/α-hetero) is 2. The van der Waals surface area contributed by atoms with Crippen molar-refractivity contribution in [2.75, 3.05) is 0 Å². The van der Waals surface area contributed by atoms with E-state index in [2.05, 4.69) is 20.4 Å². The monoisotopic (exact) mass is 661 g/mol. The van der Waals surface area contributed by atoms with Crippen molar-refractivity contribution in [3.63, 3.8) is 0 Å². The molecular weight excluding hydrogens is 580 g/mol. The Kier molecular flexibility index (Phi) is 30.8. The quantitative estimate of drug-likeness (QED) is 0.0409. The number of carboxylic acids is 1. The Labute approximate surface area is 293 Å². The molecule has 0 aromatic rings. The van der Waals surface area contributed by atoms with Crippen molar-refractivity contribution >= 4 is 17.5 Å². The van der Waals surface area contributed by atoms with Gasteiger partial charge < -0.3 is 5.11 Å². The van der Waals surface area contributed by atoms with Crippen molar-refractivity contribution in [3.05, 3.63) is 12.2 Å². The van der Waals surface area contributed by atoms with Gasteiger partial charge in [0.25, 0.3) is 0 Å². The molecule has 4 nitrogen and oxygen atoms in total. The molecule has 276 valence electrons. The highest BCUT2D eigenvalue weighted by atomic mass is 16.4. The number of hydrogen-bond acceptors (Lipinski definition) is 3. The molecule has 4 heteroatoms. The summed E-state index contributed by atoms with van der Waals surface area (Å²) in [5.74, 6) is -2.12. The van der Waals surface area contributed by atoms with E-state index in [1.54, 1.807) is 0 Å². The predicted molar refractivity (Wildman–Crippen MR) is 203 cm³/mol. The third-order valence-corrected chi connectivity index (χ3v) is 10.5. The summed E-state index contributed by atoms with van der Waals surface area (Å²) in [7, 11) is 0. The third-order valence-electron chi connectivity index (χ3n) is 10.5. The van der Waals surface area contributed by atoms with E-state index in [9.17, 15) is 19.5 Å². The second kappa shape index (κ2) is 31.8. The minimum Gasteiger partial charge on any atom is -0.478 e. The van der Waals surface area contributed by atoms with Crippen LogP contribution in [-0.2, 0) is 14.4 Å². The fourth-order valence-electron chi connectivity index (χ4n) is 7.36. The maximum atomic E-state index is 13.6. The van der Waals surface area contributed by atoms with Gasteiger partial charge in [-0.15, -0.1) is 0 Å². The number of aliphatic carboxylic acids is 1. The number of unbranched alkanes of at least 4 members (excludes halogenated alkanes) is 28. The van der Waals surface area contributed by atoms with Crippen LogP contribution in [0.1, 0.15) is 233 Å². The molecule has 0 saturated carbocycles. The SMILES string of the molecule is C=C(C(=O)O)C(C(=O)CCCCCCCCCCCCCCCCC)(C(=O)CCCCCCCCCCCCCCCCC)C(C)C. The zero-order chi connectivity index (χ0) is 35.0. The van der Waals surface area contributed by atoms with E-state index in [1.807, 2.05) is 13.8 Å². The number of carbonyl (C=O) groups excluding carboxylic acids is 2. The Balaban J connectivity index is 4.32. The van der Waals surface area contributed by atoms with Crippen molar-refractivity contribution in [1.29, 1.82) is 0 Å². The average molecular weight is 661 g/mol. The van der Waals surface area contributed by atoms with E-state index in [1.165, 1.54) is 154 Å². The molecule has 0 aliphatic carbocycles. The third kappa shape index (κ3) is 22.0. The van der Waals surface area contributed by atoms with Crippen LogP contribution >= 0.6 is 0 Å².